The number of likely N-dealkylation sites (tertiary alicyclic amines) is 1. The second-order valence-electron chi connectivity index (χ2n) is 4.58. The van der Waals surface area contributed by atoms with Gasteiger partial charge in [0.2, 0.25) is 11.8 Å². The third-order valence-electron chi connectivity index (χ3n) is 3.09. The average Bonchev–Trinajstić information content (AvgIpc) is 2.46. The summed E-state index contributed by atoms with van der Waals surface area (Å²) in [7, 11) is 0. The zero-order valence-electron chi connectivity index (χ0n) is 10.8. The van der Waals surface area contributed by atoms with Gasteiger partial charge >= 0.3 is 0 Å². The summed E-state index contributed by atoms with van der Waals surface area (Å²) >= 11 is 5.61. The van der Waals surface area contributed by atoms with Crippen molar-refractivity contribution in [2.24, 2.45) is 0 Å². The highest BCUT2D eigenvalue weighted by Crippen LogP contribution is 2.17. The summed E-state index contributed by atoms with van der Waals surface area (Å²) in [5.41, 5.74) is 0. The van der Waals surface area contributed by atoms with Gasteiger partial charge in [-0.15, -0.1) is 16.7 Å². The van der Waals surface area contributed by atoms with Gasteiger partial charge in [-0.05, 0) is 25.3 Å². The Kier molecular flexibility index (Phi) is 5.39. The van der Waals surface area contributed by atoms with Crippen molar-refractivity contribution in [3.05, 3.63) is 18.3 Å². The number of carbonyl (C=O) groups excluding carboxylic acids is 1. The Labute approximate surface area is 117 Å². The molecule has 2 heterocycles. The fourth-order valence-corrected chi connectivity index (χ4v) is 2.29. The van der Waals surface area contributed by atoms with Crippen molar-refractivity contribution < 1.29 is 9.53 Å². The quantitative estimate of drug-likeness (QED) is 0.774. The highest BCUT2D eigenvalue weighted by atomic mass is 35.5. The van der Waals surface area contributed by atoms with Gasteiger partial charge in [-0.3, -0.25) is 4.79 Å². The maximum absolute atomic E-state index is 11.9. The molecule has 1 unspecified atom stereocenters. The van der Waals surface area contributed by atoms with Crippen molar-refractivity contribution in [3.63, 3.8) is 0 Å². The Morgan fingerprint density at radius 2 is 2.47 bits per heavy atom. The lowest BCUT2D eigenvalue weighted by Crippen LogP contribution is -2.44. The highest BCUT2D eigenvalue weighted by molar-refractivity contribution is 6.17. The van der Waals surface area contributed by atoms with E-state index in [0.717, 1.165) is 25.8 Å². The molecule has 1 saturated heterocycles. The molecule has 0 aromatic carbocycles. The van der Waals surface area contributed by atoms with Gasteiger partial charge in [0.15, 0.2) is 0 Å². The fraction of sp³-hybridized carbons (Fsp3) is 0.615. The van der Waals surface area contributed by atoms with Crippen LogP contribution in [0.5, 0.6) is 5.88 Å². The van der Waals surface area contributed by atoms with Crippen molar-refractivity contribution in [2.75, 3.05) is 19.0 Å². The molecule has 0 aliphatic carbocycles. The average molecular weight is 284 g/mol. The monoisotopic (exact) mass is 283 g/mol. The van der Waals surface area contributed by atoms with Gasteiger partial charge in [0.1, 0.15) is 6.10 Å². The summed E-state index contributed by atoms with van der Waals surface area (Å²) in [6.07, 6.45) is 4.75. The van der Waals surface area contributed by atoms with Gasteiger partial charge in [0.05, 0.1) is 6.54 Å². The van der Waals surface area contributed by atoms with Gasteiger partial charge in [0, 0.05) is 31.1 Å². The van der Waals surface area contributed by atoms with E-state index in [1.54, 1.807) is 18.3 Å². The van der Waals surface area contributed by atoms with Crippen LogP contribution in [0.25, 0.3) is 0 Å². The summed E-state index contributed by atoms with van der Waals surface area (Å²) in [6, 6.07) is 3.57. The molecule has 1 aromatic heterocycles. The van der Waals surface area contributed by atoms with E-state index in [9.17, 15) is 4.79 Å². The molecule has 1 aliphatic rings. The summed E-state index contributed by atoms with van der Waals surface area (Å²) in [5.74, 6) is 1.20. The lowest BCUT2D eigenvalue weighted by Gasteiger charge is -2.32. The molecule has 2 rings (SSSR count). The summed E-state index contributed by atoms with van der Waals surface area (Å²) in [4.78, 5) is 13.8. The van der Waals surface area contributed by atoms with E-state index in [0.29, 0.717) is 24.7 Å². The standard InChI is InChI=1S/C13H18ClN3O2/c14-7-1-6-13(18)17-9-3-4-11(10-17)19-12-5-2-8-15-16-12/h2,5,8,11H,1,3-4,6-7,9-10H2. The van der Waals surface area contributed by atoms with E-state index >= 15 is 0 Å². The van der Waals surface area contributed by atoms with Crippen molar-refractivity contribution in [1.82, 2.24) is 15.1 Å². The molecule has 0 bridgehead atoms. The van der Waals surface area contributed by atoms with Gasteiger partial charge < -0.3 is 9.64 Å². The molecule has 5 nitrogen and oxygen atoms in total. The van der Waals surface area contributed by atoms with Crippen LogP contribution in [-0.4, -0.2) is 46.1 Å². The van der Waals surface area contributed by atoms with Crippen LogP contribution in [0.15, 0.2) is 18.3 Å². The normalized spacial score (nSPS) is 19.2. The number of nitrogens with zero attached hydrogens (tertiary/aromatic N) is 3. The first kappa shape index (κ1) is 14.1. The van der Waals surface area contributed by atoms with Crippen LogP contribution in [0, 0.1) is 0 Å². The predicted molar refractivity (Wildman–Crippen MR) is 72.2 cm³/mol. The van der Waals surface area contributed by atoms with Crippen molar-refractivity contribution in [3.8, 4) is 5.88 Å². The lowest BCUT2D eigenvalue weighted by atomic mass is 10.1. The number of carbonyl (C=O) groups is 1. The molecular formula is C13H18ClN3O2. The van der Waals surface area contributed by atoms with Crippen LogP contribution in [0.3, 0.4) is 0 Å². The van der Waals surface area contributed by atoms with Crippen molar-refractivity contribution in [1.29, 1.82) is 0 Å². The molecule has 0 radical (unpaired) electrons. The number of hydrogen-bond donors (Lipinski definition) is 0. The number of hydrogen-bond acceptors (Lipinski definition) is 4. The zero-order chi connectivity index (χ0) is 13.5. The molecule has 1 aliphatic heterocycles. The summed E-state index contributed by atoms with van der Waals surface area (Å²) in [5, 5.41) is 7.67. The first-order chi connectivity index (χ1) is 9.29. The Balaban J connectivity index is 1.85. The Bertz CT molecular complexity index is 402. The zero-order valence-corrected chi connectivity index (χ0v) is 11.6. The number of amides is 1. The van der Waals surface area contributed by atoms with Crippen LogP contribution in [0.2, 0.25) is 0 Å². The van der Waals surface area contributed by atoms with Crippen LogP contribution < -0.4 is 4.74 Å². The fourth-order valence-electron chi connectivity index (χ4n) is 2.16. The first-order valence-electron chi connectivity index (χ1n) is 6.57. The van der Waals surface area contributed by atoms with Crippen LogP contribution in [0.1, 0.15) is 25.7 Å². The predicted octanol–water partition coefficient (Wildman–Crippen LogP) is 1.87. The number of aromatic nitrogens is 2. The second-order valence-corrected chi connectivity index (χ2v) is 4.95. The molecule has 1 amide bonds. The van der Waals surface area contributed by atoms with Gasteiger partial charge in [-0.2, -0.15) is 5.10 Å². The summed E-state index contributed by atoms with van der Waals surface area (Å²) in [6.45, 7) is 1.43. The number of piperidine rings is 1. The van der Waals surface area contributed by atoms with E-state index in [-0.39, 0.29) is 12.0 Å². The van der Waals surface area contributed by atoms with Gasteiger partial charge in [-0.1, -0.05) is 0 Å². The van der Waals surface area contributed by atoms with Gasteiger partial charge in [-0.25, -0.2) is 0 Å². The van der Waals surface area contributed by atoms with E-state index in [2.05, 4.69) is 10.2 Å². The Morgan fingerprint density at radius 3 is 3.21 bits per heavy atom. The highest BCUT2D eigenvalue weighted by Gasteiger charge is 2.24. The molecule has 6 heteroatoms. The van der Waals surface area contributed by atoms with E-state index < -0.39 is 0 Å². The van der Waals surface area contributed by atoms with Crippen molar-refractivity contribution in [2.45, 2.75) is 31.8 Å². The van der Waals surface area contributed by atoms with Crippen LogP contribution >= 0.6 is 11.6 Å². The minimum absolute atomic E-state index is 0.00500. The van der Waals surface area contributed by atoms with E-state index in [1.165, 1.54) is 0 Å². The smallest absolute Gasteiger partial charge is 0.233 e. The first-order valence-corrected chi connectivity index (χ1v) is 7.11. The van der Waals surface area contributed by atoms with E-state index in [1.807, 2.05) is 4.90 Å². The third kappa shape index (κ3) is 4.35. The maximum Gasteiger partial charge on any atom is 0.233 e. The van der Waals surface area contributed by atoms with Crippen LogP contribution in [-0.2, 0) is 4.79 Å². The SMILES string of the molecule is O=C(CCCCl)N1CCCC(Oc2cccnn2)C1. The second kappa shape index (κ2) is 7.28. The molecular weight excluding hydrogens is 266 g/mol. The topological polar surface area (TPSA) is 55.3 Å². The molecule has 104 valence electrons. The number of alkyl halides is 1. The van der Waals surface area contributed by atoms with Gasteiger partial charge in [0.25, 0.3) is 0 Å². The molecule has 1 fully saturated rings. The summed E-state index contributed by atoms with van der Waals surface area (Å²) < 4.78 is 5.75. The lowest BCUT2D eigenvalue weighted by molar-refractivity contribution is -0.133. The molecule has 1 atom stereocenters. The van der Waals surface area contributed by atoms with Crippen LogP contribution in [0.4, 0.5) is 0 Å². The Morgan fingerprint density at radius 1 is 1.58 bits per heavy atom. The number of halogens is 1. The third-order valence-corrected chi connectivity index (χ3v) is 3.36. The van der Waals surface area contributed by atoms with E-state index in [4.69, 9.17) is 16.3 Å². The molecule has 19 heavy (non-hydrogen) atoms. The molecule has 0 saturated carbocycles. The number of rotatable bonds is 5. The molecule has 0 N–H and O–H groups in total. The maximum atomic E-state index is 11.9. The molecule has 0 spiro atoms. The minimum atomic E-state index is 0.00500. The number of ether oxygens (including phenoxy) is 1. The largest absolute Gasteiger partial charge is 0.471 e. The molecule has 1 aromatic rings. The van der Waals surface area contributed by atoms with Crippen molar-refractivity contribution >= 4 is 17.5 Å². The minimum Gasteiger partial charge on any atom is -0.471 e. The Hall–Kier alpha value is -1.36.